The maximum atomic E-state index is 13.0. The number of hydrogen-bond acceptors (Lipinski definition) is 2. The van der Waals surface area contributed by atoms with E-state index in [1.807, 2.05) is 60.7 Å². The van der Waals surface area contributed by atoms with Crippen LogP contribution in [0.25, 0.3) is 0 Å². The summed E-state index contributed by atoms with van der Waals surface area (Å²) in [7, 11) is -1.92. The summed E-state index contributed by atoms with van der Waals surface area (Å²) in [6.45, 7) is 19.4. The van der Waals surface area contributed by atoms with E-state index in [9.17, 15) is 4.79 Å². The van der Waals surface area contributed by atoms with E-state index in [4.69, 9.17) is 4.43 Å². The number of rotatable bonds is 11. The van der Waals surface area contributed by atoms with Gasteiger partial charge in [-0.25, -0.2) is 0 Å². The Kier molecular flexibility index (Phi) is 9.26. The van der Waals surface area contributed by atoms with Crippen LogP contribution in [-0.4, -0.2) is 34.1 Å². The van der Waals surface area contributed by atoms with Crippen molar-refractivity contribution in [3.8, 4) is 0 Å². The molecule has 0 fully saturated rings. The molecule has 0 radical (unpaired) electrons. The third kappa shape index (κ3) is 7.15. The van der Waals surface area contributed by atoms with Crippen molar-refractivity contribution in [1.29, 1.82) is 0 Å². The molecule has 2 atom stereocenters. The summed E-state index contributed by atoms with van der Waals surface area (Å²) in [6.07, 6.45) is 5.53. The van der Waals surface area contributed by atoms with Crippen LogP contribution in [0.4, 0.5) is 0 Å². The van der Waals surface area contributed by atoms with Gasteiger partial charge in [0, 0.05) is 0 Å². The topological polar surface area (TPSA) is 26.3 Å². The quantitative estimate of drug-likeness (QED) is 0.273. The van der Waals surface area contributed by atoms with E-state index in [0.29, 0.717) is 0 Å². The second-order valence-electron chi connectivity index (χ2n) is 9.38. The molecule has 166 valence electrons. The van der Waals surface area contributed by atoms with Crippen LogP contribution < -0.4 is 4.46 Å². The number of carbonyl (C=O) groups excluding carboxylic acids is 1. The molecule has 0 aromatic heterocycles. The van der Waals surface area contributed by atoms with Crippen molar-refractivity contribution in [3.05, 3.63) is 91.0 Å². The normalized spacial score (nSPS) is 14.0. The molecule has 0 amide bonds. The number of aryl methyl sites for hydroxylation is 1. The molecule has 2 aromatic rings. The van der Waals surface area contributed by atoms with Crippen molar-refractivity contribution in [3.63, 3.8) is 0 Å². The number of hydrogen-bond donors (Lipinski definition) is 0. The fourth-order valence-corrected chi connectivity index (χ4v) is 6.17. The van der Waals surface area contributed by atoms with Crippen LogP contribution in [0.5, 0.6) is 0 Å². The van der Waals surface area contributed by atoms with E-state index >= 15 is 0 Å². The first-order valence-electron chi connectivity index (χ1n) is 10.9. The molecule has 0 N–H and O–H groups in total. The Hall–Kier alpha value is -1.71. The van der Waals surface area contributed by atoms with Gasteiger partial charge in [0.25, 0.3) is 0 Å². The average molecular weight is 500 g/mol. The molecule has 0 bridgehead atoms. The molecule has 2 aromatic carbocycles. The van der Waals surface area contributed by atoms with E-state index in [-0.39, 0.29) is 36.7 Å². The summed E-state index contributed by atoms with van der Waals surface area (Å²) in [5.41, 5.74) is 1.95. The van der Waals surface area contributed by atoms with Gasteiger partial charge in [0.2, 0.25) is 0 Å². The van der Waals surface area contributed by atoms with Crippen LogP contribution in [0.1, 0.15) is 43.1 Å². The Bertz CT molecular complexity index is 884. The van der Waals surface area contributed by atoms with Gasteiger partial charge in [-0.3, -0.25) is 0 Å². The average Bonchev–Trinajstić information content (AvgIpc) is 2.73. The van der Waals surface area contributed by atoms with E-state index in [0.717, 1.165) is 28.4 Å². The van der Waals surface area contributed by atoms with E-state index in [1.54, 1.807) is 0 Å². The van der Waals surface area contributed by atoms with Crippen molar-refractivity contribution in [2.75, 3.05) is 0 Å². The molecule has 0 spiro atoms. The zero-order chi connectivity index (χ0) is 23.1. The van der Waals surface area contributed by atoms with Gasteiger partial charge in [0.15, 0.2) is 0 Å². The molecule has 2 rings (SSSR count). The van der Waals surface area contributed by atoms with Crippen molar-refractivity contribution < 1.29 is 9.22 Å². The first kappa shape index (κ1) is 25.5. The summed E-state index contributed by atoms with van der Waals surface area (Å²) >= 11 is -0.218. The summed E-state index contributed by atoms with van der Waals surface area (Å²) in [5.74, 6) is 0.161. The van der Waals surface area contributed by atoms with Crippen LogP contribution in [0.2, 0.25) is 18.1 Å². The van der Waals surface area contributed by atoms with Crippen molar-refractivity contribution in [1.82, 2.24) is 0 Å². The molecule has 0 aliphatic carbocycles. The minimum atomic E-state index is -1.92. The first-order chi connectivity index (χ1) is 14.6. The zero-order valence-corrected chi connectivity index (χ0v) is 22.3. The fraction of sp³-hybridized carbons (Fsp3) is 0.370. The summed E-state index contributed by atoms with van der Waals surface area (Å²) in [5, 5.41) is 0.137. The summed E-state index contributed by atoms with van der Waals surface area (Å²) in [6, 6.07) is 18.0. The molecule has 0 aliphatic heterocycles. The molecule has 2 unspecified atom stereocenters. The molecular weight excluding hydrogens is 463 g/mol. The number of benzene rings is 2. The second-order valence-corrected chi connectivity index (χ2v) is 16.3. The Morgan fingerprint density at radius 2 is 1.65 bits per heavy atom. The molecule has 0 saturated heterocycles. The van der Waals surface area contributed by atoms with Gasteiger partial charge in [-0.2, -0.15) is 0 Å². The molecule has 2 nitrogen and oxygen atoms in total. The Balaban J connectivity index is 2.12. The Morgan fingerprint density at radius 3 is 2.23 bits per heavy atom. The SMILES string of the molecule is C=CC(CCc1ccccc1C(=O)[Se]c1ccccc1)C(C=C)O[Si](C)(C)C(C)(C)C. The van der Waals surface area contributed by atoms with E-state index in [1.165, 1.54) is 0 Å². The third-order valence-corrected chi connectivity index (χ3v) is 12.5. The molecule has 0 heterocycles. The minimum absolute atomic E-state index is 0.0604. The van der Waals surface area contributed by atoms with Gasteiger partial charge in [-0.05, 0) is 0 Å². The predicted molar refractivity (Wildman–Crippen MR) is 137 cm³/mol. The van der Waals surface area contributed by atoms with Gasteiger partial charge >= 0.3 is 196 Å². The molecule has 0 aliphatic rings. The van der Waals surface area contributed by atoms with Crippen LogP contribution in [0, 0.1) is 5.92 Å². The summed E-state index contributed by atoms with van der Waals surface area (Å²) < 4.78 is 7.96. The number of carbonyl (C=O) groups is 1. The standard InChI is InChI=1S/C27H36O2SeSi/c1-8-21(25(9-2)29-31(6,7)27(3,4)5)19-20-22-15-13-14-18-24(22)26(28)30-23-16-11-10-12-17-23/h8-18,21,25H,1-2,19-20H2,3-7H3. The van der Waals surface area contributed by atoms with Gasteiger partial charge < -0.3 is 0 Å². The van der Waals surface area contributed by atoms with Crippen molar-refractivity contribution >= 4 is 32.4 Å². The van der Waals surface area contributed by atoms with Crippen LogP contribution in [0.3, 0.4) is 0 Å². The monoisotopic (exact) mass is 500 g/mol. The van der Waals surface area contributed by atoms with E-state index in [2.05, 4.69) is 53.1 Å². The third-order valence-electron chi connectivity index (χ3n) is 6.13. The Morgan fingerprint density at radius 1 is 1.03 bits per heavy atom. The summed E-state index contributed by atoms with van der Waals surface area (Å²) in [4.78, 5) is 13.0. The van der Waals surface area contributed by atoms with Crippen molar-refractivity contribution in [2.45, 2.75) is 57.8 Å². The van der Waals surface area contributed by atoms with E-state index < -0.39 is 8.32 Å². The first-order valence-corrected chi connectivity index (χ1v) is 15.5. The van der Waals surface area contributed by atoms with Crippen LogP contribution >= 0.6 is 0 Å². The zero-order valence-electron chi connectivity index (χ0n) is 19.6. The molecular formula is C27H36O2SeSi. The molecule has 0 saturated carbocycles. The Labute approximate surface area is 196 Å². The molecule has 4 heteroatoms. The van der Waals surface area contributed by atoms with Gasteiger partial charge in [-0.15, -0.1) is 0 Å². The fourth-order valence-electron chi connectivity index (χ4n) is 3.15. The molecule has 31 heavy (non-hydrogen) atoms. The second kappa shape index (κ2) is 11.2. The van der Waals surface area contributed by atoms with Crippen LogP contribution in [0.15, 0.2) is 79.9 Å². The van der Waals surface area contributed by atoms with Gasteiger partial charge in [-0.1, -0.05) is 0 Å². The van der Waals surface area contributed by atoms with Crippen LogP contribution in [-0.2, 0) is 10.8 Å². The van der Waals surface area contributed by atoms with Crippen molar-refractivity contribution in [2.24, 2.45) is 5.92 Å². The maximum absolute atomic E-state index is 13.0. The van der Waals surface area contributed by atoms with Gasteiger partial charge in [0.05, 0.1) is 0 Å². The van der Waals surface area contributed by atoms with Gasteiger partial charge in [0.1, 0.15) is 0 Å². The predicted octanol–water partition coefficient (Wildman–Crippen LogP) is 6.17.